The van der Waals surface area contributed by atoms with Gasteiger partial charge in [-0.3, -0.25) is 9.78 Å². The second-order valence-corrected chi connectivity index (χ2v) is 5.69. The molecule has 0 saturated heterocycles. The largest absolute Gasteiger partial charge is 0.455 e. The van der Waals surface area contributed by atoms with Gasteiger partial charge >= 0.3 is 0 Å². The molecule has 2 aromatic heterocycles. The third-order valence-corrected chi connectivity index (χ3v) is 4.03. The van der Waals surface area contributed by atoms with Gasteiger partial charge in [-0.1, -0.05) is 30.3 Å². The molecule has 0 aliphatic rings. The summed E-state index contributed by atoms with van der Waals surface area (Å²) in [7, 11) is 0. The zero-order chi connectivity index (χ0) is 17.2. The molecule has 1 N–H and O–H groups in total. The third kappa shape index (κ3) is 2.87. The van der Waals surface area contributed by atoms with Gasteiger partial charge in [0.05, 0.1) is 5.56 Å². The van der Waals surface area contributed by atoms with Crippen LogP contribution in [0.15, 0.2) is 76.5 Å². The summed E-state index contributed by atoms with van der Waals surface area (Å²) >= 11 is 0. The number of hydrogen-bond acceptors (Lipinski definition) is 4. The molecule has 0 aliphatic heterocycles. The summed E-state index contributed by atoms with van der Waals surface area (Å²) < 4.78 is 5.88. The van der Waals surface area contributed by atoms with Crippen LogP contribution in [0, 0.1) is 0 Å². The highest BCUT2D eigenvalue weighted by Crippen LogP contribution is 2.28. The molecule has 0 spiro atoms. The van der Waals surface area contributed by atoms with E-state index in [4.69, 9.17) is 4.42 Å². The number of furan rings is 1. The Kier molecular flexibility index (Phi) is 3.74. The molecule has 2 aromatic carbocycles. The summed E-state index contributed by atoms with van der Waals surface area (Å²) in [4.78, 5) is 16.0. The first kappa shape index (κ1) is 15.1. The standard InChI is InChI=1S/C20H15N3O2/c1-13(22-23-20(24)15-6-4-10-21-12-15)19-11-17-16-7-3-2-5-14(16)8-9-18(17)25-19/h2-12H,1H3,(H,23,24)/b22-13+. The van der Waals surface area contributed by atoms with E-state index >= 15 is 0 Å². The van der Waals surface area contributed by atoms with E-state index in [2.05, 4.69) is 27.6 Å². The number of fused-ring (bicyclic) bond motifs is 3. The SMILES string of the molecule is C/C(=N\NC(=O)c1cccnc1)c1cc2c(ccc3ccccc32)o1. The lowest BCUT2D eigenvalue weighted by molar-refractivity contribution is 0.0954. The van der Waals surface area contributed by atoms with Gasteiger partial charge in [-0.25, -0.2) is 5.43 Å². The topological polar surface area (TPSA) is 67.5 Å². The second kappa shape index (κ2) is 6.20. The molecule has 4 aromatic rings. The Hall–Kier alpha value is -3.47. The number of carbonyl (C=O) groups is 1. The normalized spacial score (nSPS) is 11.8. The summed E-state index contributed by atoms with van der Waals surface area (Å²) in [6.07, 6.45) is 3.11. The number of rotatable bonds is 3. The van der Waals surface area contributed by atoms with Crippen molar-refractivity contribution in [1.82, 2.24) is 10.4 Å². The lowest BCUT2D eigenvalue weighted by Gasteiger charge is -2.00. The number of pyridine rings is 1. The van der Waals surface area contributed by atoms with Crippen molar-refractivity contribution in [1.29, 1.82) is 0 Å². The van der Waals surface area contributed by atoms with Crippen LogP contribution in [-0.4, -0.2) is 16.6 Å². The molecule has 0 aliphatic carbocycles. The number of hydrogen-bond donors (Lipinski definition) is 1. The van der Waals surface area contributed by atoms with Gasteiger partial charge in [0.15, 0.2) is 5.76 Å². The maximum atomic E-state index is 12.0. The van der Waals surface area contributed by atoms with Crippen LogP contribution < -0.4 is 5.43 Å². The van der Waals surface area contributed by atoms with Crippen molar-refractivity contribution in [3.63, 3.8) is 0 Å². The Morgan fingerprint density at radius 3 is 2.80 bits per heavy atom. The first-order valence-electron chi connectivity index (χ1n) is 7.89. The average Bonchev–Trinajstić information content (AvgIpc) is 3.11. The predicted octanol–water partition coefficient (Wildman–Crippen LogP) is 4.14. The predicted molar refractivity (Wildman–Crippen MR) is 97.6 cm³/mol. The van der Waals surface area contributed by atoms with Crippen molar-refractivity contribution in [3.8, 4) is 0 Å². The fourth-order valence-electron chi connectivity index (χ4n) is 2.72. The second-order valence-electron chi connectivity index (χ2n) is 5.69. The minimum atomic E-state index is -0.311. The number of nitrogens with one attached hydrogen (secondary N) is 1. The highest BCUT2D eigenvalue weighted by molar-refractivity contribution is 6.09. The monoisotopic (exact) mass is 329 g/mol. The van der Waals surface area contributed by atoms with E-state index in [9.17, 15) is 4.79 Å². The molecule has 25 heavy (non-hydrogen) atoms. The molecule has 0 bridgehead atoms. The Morgan fingerprint density at radius 2 is 1.96 bits per heavy atom. The number of aromatic nitrogens is 1. The van der Waals surface area contributed by atoms with Crippen LogP contribution in [0.5, 0.6) is 0 Å². The molecule has 0 unspecified atom stereocenters. The Labute approximate surface area is 144 Å². The van der Waals surface area contributed by atoms with E-state index < -0.39 is 0 Å². The number of carbonyl (C=O) groups excluding carboxylic acids is 1. The first-order chi connectivity index (χ1) is 12.2. The number of hydrazone groups is 1. The maximum Gasteiger partial charge on any atom is 0.272 e. The molecule has 4 rings (SSSR count). The van der Waals surface area contributed by atoms with Crippen molar-refractivity contribution in [2.24, 2.45) is 5.10 Å². The summed E-state index contributed by atoms with van der Waals surface area (Å²) in [6, 6.07) is 17.5. The van der Waals surface area contributed by atoms with Crippen molar-refractivity contribution >= 4 is 33.4 Å². The van der Waals surface area contributed by atoms with Gasteiger partial charge in [0.1, 0.15) is 11.3 Å². The Bertz CT molecular complexity index is 1100. The lowest BCUT2D eigenvalue weighted by Crippen LogP contribution is -2.19. The average molecular weight is 329 g/mol. The van der Waals surface area contributed by atoms with Crippen LogP contribution >= 0.6 is 0 Å². The summed E-state index contributed by atoms with van der Waals surface area (Å²) in [6.45, 7) is 1.80. The summed E-state index contributed by atoms with van der Waals surface area (Å²) in [5, 5.41) is 7.45. The van der Waals surface area contributed by atoms with E-state index in [0.29, 0.717) is 17.0 Å². The van der Waals surface area contributed by atoms with Crippen LogP contribution in [0.1, 0.15) is 23.0 Å². The van der Waals surface area contributed by atoms with E-state index in [0.717, 1.165) is 21.7 Å². The highest BCUT2D eigenvalue weighted by atomic mass is 16.3. The van der Waals surface area contributed by atoms with E-state index in [1.54, 1.807) is 25.3 Å². The van der Waals surface area contributed by atoms with Gasteiger partial charge in [0, 0.05) is 17.8 Å². The minimum Gasteiger partial charge on any atom is -0.455 e. The Balaban J connectivity index is 1.64. The van der Waals surface area contributed by atoms with E-state index in [1.807, 2.05) is 30.3 Å². The molecule has 0 radical (unpaired) electrons. The quantitative estimate of drug-likeness (QED) is 0.454. The van der Waals surface area contributed by atoms with Crippen LogP contribution in [0.25, 0.3) is 21.7 Å². The van der Waals surface area contributed by atoms with E-state index in [-0.39, 0.29) is 5.91 Å². The van der Waals surface area contributed by atoms with Crippen molar-refractivity contribution < 1.29 is 9.21 Å². The van der Waals surface area contributed by atoms with Gasteiger partial charge in [0.2, 0.25) is 0 Å². The van der Waals surface area contributed by atoms with Crippen molar-refractivity contribution in [2.75, 3.05) is 0 Å². The molecular formula is C20H15N3O2. The minimum absolute atomic E-state index is 0.311. The van der Waals surface area contributed by atoms with Gasteiger partial charge in [-0.15, -0.1) is 0 Å². The van der Waals surface area contributed by atoms with Crippen LogP contribution in [0.4, 0.5) is 0 Å². The smallest absolute Gasteiger partial charge is 0.272 e. The molecule has 5 nitrogen and oxygen atoms in total. The van der Waals surface area contributed by atoms with Crippen LogP contribution in [0.3, 0.4) is 0 Å². The third-order valence-electron chi connectivity index (χ3n) is 4.03. The fraction of sp³-hybridized carbons (Fsp3) is 0.0500. The number of nitrogens with zero attached hydrogens (tertiary/aromatic N) is 2. The highest BCUT2D eigenvalue weighted by Gasteiger charge is 2.10. The van der Waals surface area contributed by atoms with Gasteiger partial charge in [-0.2, -0.15) is 5.10 Å². The van der Waals surface area contributed by atoms with Crippen molar-refractivity contribution in [3.05, 3.63) is 78.3 Å². The van der Waals surface area contributed by atoms with Crippen LogP contribution in [-0.2, 0) is 0 Å². The number of amides is 1. The van der Waals surface area contributed by atoms with Crippen molar-refractivity contribution in [2.45, 2.75) is 6.92 Å². The molecular weight excluding hydrogens is 314 g/mol. The number of benzene rings is 2. The molecule has 5 heteroatoms. The van der Waals surface area contributed by atoms with Gasteiger partial charge in [0.25, 0.3) is 5.91 Å². The fourth-order valence-corrected chi connectivity index (χ4v) is 2.72. The van der Waals surface area contributed by atoms with Crippen LogP contribution in [0.2, 0.25) is 0 Å². The van der Waals surface area contributed by atoms with E-state index in [1.165, 1.54) is 6.20 Å². The van der Waals surface area contributed by atoms with Gasteiger partial charge < -0.3 is 4.42 Å². The zero-order valence-electron chi connectivity index (χ0n) is 13.6. The molecule has 2 heterocycles. The molecule has 122 valence electrons. The zero-order valence-corrected chi connectivity index (χ0v) is 13.6. The molecule has 0 fully saturated rings. The van der Waals surface area contributed by atoms with Gasteiger partial charge in [-0.05, 0) is 42.0 Å². The maximum absolute atomic E-state index is 12.0. The lowest BCUT2D eigenvalue weighted by atomic mass is 10.1. The first-order valence-corrected chi connectivity index (χ1v) is 7.89. The summed E-state index contributed by atoms with van der Waals surface area (Å²) in [5.41, 5.74) is 4.37. The molecule has 0 saturated carbocycles. The Morgan fingerprint density at radius 1 is 1.08 bits per heavy atom. The summed E-state index contributed by atoms with van der Waals surface area (Å²) in [5.74, 6) is 0.312. The molecule has 1 amide bonds. The molecule has 0 atom stereocenters.